The third-order valence-electron chi connectivity index (χ3n) is 1.94. The largest absolute Gasteiger partial charge is 0.480 e. The topological polar surface area (TPSA) is 63.3 Å². The second kappa shape index (κ2) is 7.01. The molecule has 16 heavy (non-hydrogen) atoms. The van der Waals surface area contributed by atoms with E-state index in [1.807, 2.05) is 18.4 Å². The molecule has 1 rings (SSSR count). The van der Waals surface area contributed by atoms with Crippen molar-refractivity contribution < 1.29 is 9.90 Å². The summed E-state index contributed by atoms with van der Waals surface area (Å²) in [6, 6.07) is 4.60. The maximum atomic E-state index is 10.6. The molecule has 0 saturated carbocycles. The van der Waals surface area contributed by atoms with Crippen molar-refractivity contribution in [3.63, 3.8) is 0 Å². The van der Waals surface area contributed by atoms with Crippen molar-refractivity contribution in [1.82, 2.24) is 0 Å². The van der Waals surface area contributed by atoms with Crippen LogP contribution in [0.25, 0.3) is 0 Å². The molecule has 3 nitrogen and oxygen atoms in total. The molecule has 0 heterocycles. The fourth-order valence-corrected chi connectivity index (χ4v) is 2.03. The third-order valence-corrected chi connectivity index (χ3v) is 2.86. The van der Waals surface area contributed by atoms with E-state index in [0.717, 1.165) is 10.5 Å². The summed E-state index contributed by atoms with van der Waals surface area (Å²) < 4.78 is 0. The minimum atomic E-state index is -0.999. The maximum absolute atomic E-state index is 10.6. The fraction of sp³-hybridized carbons (Fsp3) is 0.300. The highest BCUT2D eigenvalue weighted by Crippen LogP contribution is 2.22. The molecular formula is C10H13Cl2NO2S. The average Bonchev–Trinajstić information content (AvgIpc) is 2.16. The van der Waals surface area contributed by atoms with Gasteiger partial charge < -0.3 is 10.8 Å². The molecule has 0 bridgehead atoms. The van der Waals surface area contributed by atoms with Crippen LogP contribution in [-0.4, -0.2) is 23.4 Å². The Bertz CT molecular complexity index is 374. The number of rotatable bonds is 4. The molecule has 0 aliphatic carbocycles. The SMILES string of the molecule is CSc1cc(Cl)cc(CC(N)C(=O)O)c1.Cl. The van der Waals surface area contributed by atoms with Crippen molar-refractivity contribution in [2.75, 3.05) is 6.26 Å². The Balaban J connectivity index is 0.00000225. The zero-order valence-corrected chi connectivity index (χ0v) is 11.0. The van der Waals surface area contributed by atoms with Crippen molar-refractivity contribution in [1.29, 1.82) is 0 Å². The van der Waals surface area contributed by atoms with E-state index in [4.69, 9.17) is 22.4 Å². The van der Waals surface area contributed by atoms with Crippen LogP contribution < -0.4 is 5.73 Å². The number of benzene rings is 1. The summed E-state index contributed by atoms with van der Waals surface area (Å²) >= 11 is 7.45. The van der Waals surface area contributed by atoms with E-state index in [2.05, 4.69) is 0 Å². The van der Waals surface area contributed by atoms with Crippen LogP contribution in [0.2, 0.25) is 5.02 Å². The number of thioether (sulfide) groups is 1. The average molecular weight is 282 g/mol. The van der Waals surface area contributed by atoms with E-state index in [1.165, 1.54) is 0 Å². The van der Waals surface area contributed by atoms with Gasteiger partial charge in [-0.25, -0.2) is 0 Å². The molecule has 0 aromatic heterocycles. The van der Waals surface area contributed by atoms with Gasteiger partial charge in [0.25, 0.3) is 0 Å². The molecule has 6 heteroatoms. The Morgan fingerprint density at radius 2 is 2.19 bits per heavy atom. The highest BCUT2D eigenvalue weighted by atomic mass is 35.5. The van der Waals surface area contributed by atoms with Crippen molar-refractivity contribution in [3.8, 4) is 0 Å². The highest BCUT2D eigenvalue weighted by Gasteiger charge is 2.12. The number of carboxylic acid groups (broad SMARTS) is 1. The van der Waals surface area contributed by atoms with Crippen LogP contribution in [0.4, 0.5) is 0 Å². The van der Waals surface area contributed by atoms with Crippen LogP contribution in [0, 0.1) is 0 Å². The van der Waals surface area contributed by atoms with Gasteiger partial charge in [-0.3, -0.25) is 4.79 Å². The minimum absolute atomic E-state index is 0. The number of hydrogen-bond acceptors (Lipinski definition) is 3. The molecule has 1 unspecified atom stereocenters. The molecule has 0 amide bonds. The first-order valence-corrected chi connectivity index (χ1v) is 5.95. The number of aliphatic carboxylic acids is 1. The zero-order valence-electron chi connectivity index (χ0n) is 8.64. The molecule has 0 aliphatic heterocycles. The van der Waals surface area contributed by atoms with Gasteiger partial charge in [0.15, 0.2) is 0 Å². The van der Waals surface area contributed by atoms with Gasteiger partial charge >= 0.3 is 5.97 Å². The van der Waals surface area contributed by atoms with Gasteiger partial charge in [0.1, 0.15) is 6.04 Å². The van der Waals surface area contributed by atoms with E-state index < -0.39 is 12.0 Å². The summed E-state index contributed by atoms with van der Waals surface area (Å²) in [5.74, 6) is -0.999. The molecular weight excluding hydrogens is 269 g/mol. The third kappa shape index (κ3) is 4.61. The molecule has 1 aromatic rings. The van der Waals surface area contributed by atoms with Crippen LogP contribution in [-0.2, 0) is 11.2 Å². The van der Waals surface area contributed by atoms with E-state index in [0.29, 0.717) is 11.4 Å². The summed E-state index contributed by atoms with van der Waals surface area (Å²) in [6.45, 7) is 0. The predicted octanol–water partition coefficient (Wildman–Crippen LogP) is 2.44. The first kappa shape index (κ1) is 15.6. The van der Waals surface area contributed by atoms with Crippen molar-refractivity contribution >= 4 is 41.7 Å². The number of hydrogen-bond donors (Lipinski definition) is 2. The molecule has 1 aromatic carbocycles. The standard InChI is InChI=1S/C10H12ClNO2S.ClH/c1-15-8-3-6(2-7(11)5-8)4-9(12)10(13)14;/h2-3,5,9H,4,12H2,1H3,(H,13,14);1H. The monoisotopic (exact) mass is 281 g/mol. The summed E-state index contributed by atoms with van der Waals surface area (Å²) in [7, 11) is 0. The number of nitrogens with two attached hydrogens (primary N) is 1. The second-order valence-electron chi connectivity index (χ2n) is 3.15. The zero-order chi connectivity index (χ0) is 11.4. The fourth-order valence-electron chi connectivity index (χ4n) is 1.20. The number of carbonyl (C=O) groups is 1. The first-order valence-electron chi connectivity index (χ1n) is 4.34. The van der Waals surface area contributed by atoms with Gasteiger partial charge in [-0.15, -0.1) is 24.2 Å². The minimum Gasteiger partial charge on any atom is -0.480 e. The smallest absolute Gasteiger partial charge is 0.320 e. The molecule has 0 aliphatic rings. The Morgan fingerprint density at radius 1 is 1.56 bits per heavy atom. The van der Waals surface area contributed by atoms with E-state index in [1.54, 1.807) is 17.8 Å². The van der Waals surface area contributed by atoms with Crippen LogP contribution in [0.1, 0.15) is 5.56 Å². The summed E-state index contributed by atoms with van der Waals surface area (Å²) in [6.07, 6.45) is 2.23. The van der Waals surface area contributed by atoms with Gasteiger partial charge in [0, 0.05) is 9.92 Å². The summed E-state index contributed by atoms with van der Waals surface area (Å²) in [5, 5.41) is 9.28. The lowest BCUT2D eigenvalue weighted by Gasteiger charge is -2.08. The lowest BCUT2D eigenvalue weighted by molar-refractivity contribution is -0.138. The molecule has 0 spiro atoms. The van der Waals surface area contributed by atoms with E-state index in [-0.39, 0.29) is 12.4 Å². The van der Waals surface area contributed by atoms with Gasteiger partial charge in [0.2, 0.25) is 0 Å². The van der Waals surface area contributed by atoms with Crippen LogP contribution in [0.5, 0.6) is 0 Å². The van der Waals surface area contributed by atoms with Crippen molar-refractivity contribution in [2.24, 2.45) is 5.73 Å². The van der Waals surface area contributed by atoms with Crippen molar-refractivity contribution in [2.45, 2.75) is 17.4 Å². The van der Waals surface area contributed by atoms with Gasteiger partial charge in [0.05, 0.1) is 0 Å². The summed E-state index contributed by atoms with van der Waals surface area (Å²) in [5.41, 5.74) is 6.29. The Morgan fingerprint density at radius 3 is 2.69 bits per heavy atom. The lowest BCUT2D eigenvalue weighted by Crippen LogP contribution is -2.32. The lowest BCUT2D eigenvalue weighted by atomic mass is 10.1. The summed E-state index contributed by atoms with van der Waals surface area (Å²) in [4.78, 5) is 11.6. The van der Waals surface area contributed by atoms with Crippen LogP contribution in [0.3, 0.4) is 0 Å². The molecule has 3 N–H and O–H groups in total. The number of carboxylic acids is 1. The molecule has 90 valence electrons. The Kier molecular flexibility index (Phi) is 6.83. The van der Waals surface area contributed by atoms with Gasteiger partial charge in [-0.2, -0.15) is 0 Å². The van der Waals surface area contributed by atoms with E-state index in [9.17, 15) is 4.79 Å². The van der Waals surface area contributed by atoms with Crippen LogP contribution >= 0.6 is 35.8 Å². The molecule has 0 saturated heterocycles. The number of halogens is 2. The molecule has 0 radical (unpaired) electrons. The predicted molar refractivity (Wildman–Crippen MR) is 69.8 cm³/mol. The van der Waals surface area contributed by atoms with Gasteiger partial charge in [-0.05, 0) is 36.4 Å². The normalized spacial score (nSPS) is 11.7. The first-order chi connectivity index (χ1) is 7.02. The molecule has 1 atom stereocenters. The quantitative estimate of drug-likeness (QED) is 0.833. The Labute approximate surface area is 110 Å². The molecule has 0 fully saturated rings. The Hall–Kier alpha value is -0.420. The van der Waals surface area contributed by atoms with Crippen LogP contribution in [0.15, 0.2) is 23.1 Å². The van der Waals surface area contributed by atoms with Crippen molar-refractivity contribution in [3.05, 3.63) is 28.8 Å². The maximum Gasteiger partial charge on any atom is 0.320 e. The second-order valence-corrected chi connectivity index (χ2v) is 4.46. The van der Waals surface area contributed by atoms with E-state index >= 15 is 0 Å². The van der Waals surface area contributed by atoms with Gasteiger partial charge in [-0.1, -0.05) is 11.6 Å². The highest BCUT2D eigenvalue weighted by molar-refractivity contribution is 7.98.